The molecule has 0 spiro atoms. The van der Waals surface area contributed by atoms with Gasteiger partial charge in [0.1, 0.15) is 6.10 Å². The second kappa shape index (κ2) is 4.09. The van der Waals surface area contributed by atoms with E-state index in [1.807, 2.05) is 0 Å². The zero-order chi connectivity index (χ0) is 9.97. The molecule has 1 aromatic heterocycles. The predicted octanol–water partition coefficient (Wildman–Crippen LogP) is 1.89. The van der Waals surface area contributed by atoms with Crippen LogP contribution < -0.4 is 4.57 Å². The largest absolute Gasteiger partial charge is 0.366 e. The van der Waals surface area contributed by atoms with Crippen molar-refractivity contribution in [3.63, 3.8) is 0 Å². The quantitative estimate of drug-likeness (QED) is 0.525. The van der Waals surface area contributed by atoms with Crippen molar-refractivity contribution < 1.29 is 9.30 Å². The van der Waals surface area contributed by atoms with Gasteiger partial charge in [-0.05, 0) is 17.9 Å². The van der Waals surface area contributed by atoms with Crippen LogP contribution in [0, 0.1) is 0 Å². The summed E-state index contributed by atoms with van der Waals surface area (Å²) in [6.07, 6.45) is 5.98. The van der Waals surface area contributed by atoms with E-state index >= 15 is 0 Å². The van der Waals surface area contributed by atoms with Gasteiger partial charge in [-0.3, -0.25) is 0 Å². The monoisotopic (exact) mass is 192 g/mol. The molecule has 0 radical (unpaired) electrons. The topological polar surface area (TPSA) is 16.4 Å². The Labute approximate surface area is 85.5 Å². The van der Waals surface area contributed by atoms with Gasteiger partial charge >= 0.3 is 0 Å². The highest BCUT2D eigenvalue weighted by molar-refractivity contribution is 5.12. The van der Waals surface area contributed by atoms with Crippen LogP contribution in [0.5, 0.6) is 0 Å². The molecule has 0 amide bonds. The van der Waals surface area contributed by atoms with Crippen LogP contribution in [0.25, 0.3) is 0 Å². The number of rotatable bonds is 4. The highest BCUT2D eigenvalue weighted by atomic mass is 16.6. The van der Waals surface area contributed by atoms with Crippen molar-refractivity contribution in [2.45, 2.75) is 38.8 Å². The Bertz CT molecular complexity index is 290. The molecular weight excluding hydrogens is 174 g/mol. The molecule has 14 heavy (non-hydrogen) atoms. The number of pyridine rings is 1. The van der Waals surface area contributed by atoms with Crippen LogP contribution in [-0.2, 0) is 11.3 Å². The van der Waals surface area contributed by atoms with Crippen LogP contribution in [0.3, 0.4) is 0 Å². The lowest BCUT2D eigenvalue weighted by atomic mass is 10.0. The Hall–Kier alpha value is -0.890. The van der Waals surface area contributed by atoms with Gasteiger partial charge in [0.05, 0.1) is 6.61 Å². The van der Waals surface area contributed by atoms with E-state index in [2.05, 4.69) is 42.9 Å². The van der Waals surface area contributed by atoms with E-state index in [1.54, 1.807) is 0 Å². The molecule has 1 aromatic rings. The molecule has 2 atom stereocenters. The first-order chi connectivity index (χ1) is 6.79. The fourth-order valence-electron chi connectivity index (χ4n) is 1.56. The molecule has 2 rings (SSSR count). The van der Waals surface area contributed by atoms with E-state index in [9.17, 15) is 0 Å². The Balaban J connectivity index is 2.01. The first-order valence-corrected chi connectivity index (χ1v) is 5.40. The van der Waals surface area contributed by atoms with Gasteiger partial charge in [-0.25, -0.2) is 4.57 Å². The summed E-state index contributed by atoms with van der Waals surface area (Å²) in [5, 5.41) is 0. The second-order valence-electron chi connectivity index (χ2n) is 4.09. The summed E-state index contributed by atoms with van der Waals surface area (Å²) in [6, 6.07) is 4.44. The summed E-state index contributed by atoms with van der Waals surface area (Å²) >= 11 is 0. The van der Waals surface area contributed by atoms with Crippen molar-refractivity contribution in [1.29, 1.82) is 0 Å². The van der Waals surface area contributed by atoms with E-state index in [-0.39, 0.29) is 0 Å². The zero-order valence-corrected chi connectivity index (χ0v) is 8.94. The van der Waals surface area contributed by atoms with E-state index < -0.39 is 0 Å². The Kier molecular flexibility index (Phi) is 2.82. The van der Waals surface area contributed by atoms with Crippen LogP contribution in [0.1, 0.15) is 31.7 Å². The lowest BCUT2D eigenvalue weighted by Gasteiger charge is -2.06. The fourth-order valence-corrected chi connectivity index (χ4v) is 1.56. The summed E-state index contributed by atoms with van der Waals surface area (Å²) in [5.74, 6) is 0.668. The molecule has 76 valence electrons. The molecule has 0 bridgehead atoms. The number of hydrogen-bond donors (Lipinski definition) is 0. The molecule has 1 aliphatic heterocycles. The van der Waals surface area contributed by atoms with Crippen molar-refractivity contribution in [1.82, 2.24) is 0 Å². The average molecular weight is 192 g/mol. The van der Waals surface area contributed by atoms with Gasteiger partial charge < -0.3 is 4.74 Å². The minimum atomic E-state index is 0.467. The second-order valence-corrected chi connectivity index (χ2v) is 4.09. The standard InChI is InChI=1S/C12H18NO/c1-3-10(2)11-4-6-13(7-5-11)8-12-9-14-12/h4-7,10,12H,3,8-9H2,1-2H3/q+1. The van der Waals surface area contributed by atoms with Gasteiger partial charge in [0, 0.05) is 12.1 Å². The van der Waals surface area contributed by atoms with Gasteiger partial charge in [0.2, 0.25) is 0 Å². The summed E-state index contributed by atoms with van der Waals surface area (Å²) < 4.78 is 7.39. The predicted molar refractivity (Wildman–Crippen MR) is 55.1 cm³/mol. The fraction of sp³-hybridized carbons (Fsp3) is 0.583. The Morgan fingerprint density at radius 3 is 2.64 bits per heavy atom. The van der Waals surface area contributed by atoms with Gasteiger partial charge in [0.25, 0.3) is 0 Å². The maximum absolute atomic E-state index is 5.19. The molecule has 0 aliphatic carbocycles. The van der Waals surface area contributed by atoms with E-state index in [0.717, 1.165) is 13.2 Å². The average Bonchev–Trinajstić information content (AvgIpc) is 3.02. The number of hydrogen-bond acceptors (Lipinski definition) is 1. The van der Waals surface area contributed by atoms with Crippen LogP contribution in [0.4, 0.5) is 0 Å². The zero-order valence-electron chi connectivity index (χ0n) is 8.94. The van der Waals surface area contributed by atoms with Gasteiger partial charge in [-0.2, -0.15) is 0 Å². The Morgan fingerprint density at radius 2 is 2.14 bits per heavy atom. The number of aromatic nitrogens is 1. The van der Waals surface area contributed by atoms with Gasteiger partial charge in [-0.15, -0.1) is 0 Å². The lowest BCUT2D eigenvalue weighted by molar-refractivity contribution is -0.698. The van der Waals surface area contributed by atoms with E-state index in [0.29, 0.717) is 12.0 Å². The Morgan fingerprint density at radius 1 is 1.50 bits per heavy atom. The number of epoxide rings is 1. The molecule has 2 heteroatoms. The summed E-state index contributed by atoms with van der Waals surface area (Å²) in [5.41, 5.74) is 1.43. The molecule has 2 heterocycles. The van der Waals surface area contributed by atoms with Crippen molar-refractivity contribution >= 4 is 0 Å². The molecule has 0 N–H and O–H groups in total. The molecule has 0 saturated carbocycles. The van der Waals surface area contributed by atoms with Crippen LogP contribution >= 0.6 is 0 Å². The van der Waals surface area contributed by atoms with E-state index in [1.165, 1.54) is 12.0 Å². The smallest absolute Gasteiger partial charge is 0.176 e. The first kappa shape index (κ1) is 9.66. The first-order valence-electron chi connectivity index (χ1n) is 5.40. The van der Waals surface area contributed by atoms with Crippen molar-refractivity contribution in [3.05, 3.63) is 30.1 Å². The van der Waals surface area contributed by atoms with Crippen molar-refractivity contribution in [2.75, 3.05) is 6.61 Å². The molecule has 1 aliphatic rings. The normalized spacial score (nSPS) is 22.0. The minimum Gasteiger partial charge on any atom is -0.366 e. The number of nitrogens with zero attached hydrogens (tertiary/aromatic N) is 1. The van der Waals surface area contributed by atoms with Crippen molar-refractivity contribution in [2.24, 2.45) is 0 Å². The van der Waals surface area contributed by atoms with E-state index in [4.69, 9.17) is 4.74 Å². The maximum Gasteiger partial charge on any atom is 0.176 e. The molecule has 1 saturated heterocycles. The van der Waals surface area contributed by atoms with Crippen LogP contribution in [-0.4, -0.2) is 12.7 Å². The highest BCUT2D eigenvalue weighted by Gasteiger charge is 2.26. The number of ether oxygens (including phenoxy) is 1. The minimum absolute atomic E-state index is 0.467. The third-order valence-electron chi connectivity index (χ3n) is 2.92. The third-order valence-corrected chi connectivity index (χ3v) is 2.92. The molecule has 0 aromatic carbocycles. The molecule has 2 nitrogen and oxygen atoms in total. The molecule has 2 unspecified atom stereocenters. The third kappa shape index (κ3) is 2.32. The summed E-state index contributed by atoms with van der Waals surface area (Å²) in [4.78, 5) is 0. The molecular formula is C12H18NO+. The van der Waals surface area contributed by atoms with Gasteiger partial charge in [0.15, 0.2) is 18.9 Å². The SMILES string of the molecule is CCC(C)c1cc[n+](CC2CO2)cc1. The highest BCUT2D eigenvalue weighted by Crippen LogP contribution is 2.16. The molecule has 1 fully saturated rings. The maximum atomic E-state index is 5.19. The van der Waals surface area contributed by atoms with Crippen LogP contribution in [0.15, 0.2) is 24.5 Å². The van der Waals surface area contributed by atoms with Crippen LogP contribution in [0.2, 0.25) is 0 Å². The van der Waals surface area contributed by atoms with Gasteiger partial charge in [-0.1, -0.05) is 13.8 Å². The lowest BCUT2D eigenvalue weighted by Crippen LogP contribution is -2.35. The van der Waals surface area contributed by atoms with Crippen molar-refractivity contribution in [3.8, 4) is 0 Å². The summed E-state index contributed by atoms with van der Waals surface area (Å²) in [7, 11) is 0. The summed E-state index contributed by atoms with van der Waals surface area (Å²) in [6.45, 7) is 6.42.